The quantitative estimate of drug-likeness (QED) is 0.229. The first-order valence-electron chi connectivity index (χ1n) is 9.14. The number of halogens is 1. The molecule has 0 amide bonds. The smallest absolute Gasteiger partial charge is 0.191 e. The van der Waals surface area contributed by atoms with E-state index >= 15 is 0 Å². The summed E-state index contributed by atoms with van der Waals surface area (Å²) >= 11 is 0. The normalized spacial score (nSPS) is 11.1. The zero-order valence-electron chi connectivity index (χ0n) is 16.2. The van der Waals surface area contributed by atoms with Crippen LogP contribution < -0.4 is 15.4 Å². The van der Waals surface area contributed by atoms with E-state index in [1.54, 1.807) is 25.3 Å². The van der Waals surface area contributed by atoms with Crippen LogP contribution in [0.5, 0.6) is 11.5 Å². The van der Waals surface area contributed by atoms with Gasteiger partial charge < -0.3 is 25.5 Å². The number of benzene rings is 2. The van der Waals surface area contributed by atoms with Crippen molar-refractivity contribution in [3.05, 3.63) is 59.8 Å². The van der Waals surface area contributed by atoms with Crippen LogP contribution in [-0.4, -0.2) is 36.2 Å². The molecule has 2 aromatic carbocycles. The van der Waals surface area contributed by atoms with E-state index in [0.29, 0.717) is 12.3 Å². The fourth-order valence-corrected chi connectivity index (χ4v) is 2.98. The predicted octanol–water partition coefficient (Wildman–Crippen LogP) is 3.80. The average molecular weight is 494 g/mol. The average Bonchev–Trinajstić information content (AvgIpc) is 3.10. The van der Waals surface area contributed by atoms with E-state index in [9.17, 15) is 5.11 Å². The molecule has 0 unspecified atom stereocenters. The Balaban J connectivity index is 0.00000280. The van der Waals surface area contributed by atoms with E-state index in [0.717, 1.165) is 36.6 Å². The molecule has 1 aromatic heterocycles. The number of aromatic nitrogens is 1. The lowest BCUT2D eigenvalue weighted by molar-refractivity contribution is 0.411. The van der Waals surface area contributed by atoms with Crippen molar-refractivity contribution in [2.24, 2.45) is 4.99 Å². The van der Waals surface area contributed by atoms with Crippen molar-refractivity contribution in [3.8, 4) is 11.5 Å². The van der Waals surface area contributed by atoms with Crippen LogP contribution in [0.3, 0.4) is 0 Å². The van der Waals surface area contributed by atoms with Gasteiger partial charge in [-0.05, 0) is 43.2 Å². The molecule has 3 rings (SSSR count). The van der Waals surface area contributed by atoms with Gasteiger partial charge in [-0.3, -0.25) is 0 Å². The maximum absolute atomic E-state index is 10.0. The van der Waals surface area contributed by atoms with Gasteiger partial charge in [-0.1, -0.05) is 18.2 Å². The summed E-state index contributed by atoms with van der Waals surface area (Å²) in [6.07, 6.45) is 2.95. The van der Waals surface area contributed by atoms with Crippen LogP contribution in [0.1, 0.15) is 18.1 Å². The number of aliphatic imine (C=N–C) groups is 1. The monoisotopic (exact) mass is 494 g/mol. The summed E-state index contributed by atoms with van der Waals surface area (Å²) < 4.78 is 5.21. The Morgan fingerprint density at radius 2 is 1.96 bits per heavy atom. The standard InChI is InChI=1S/C21H26N4O2.HI/c1-3-22-21(25-14-16-12-17(27-2)8-9-20(16)26)23-11-10-15-13-24-19-7-5-4-6-18(15)19;/h4-9,12-13,24,26H,3,10-11,14H2,1-2H3,(H2,22,23,25);1H. The molecule has 0 bridgehead atoms. The number of ether oxygens (including phenoxy) is 1. The minimum atomic E-state index is 0. The number of guanidine groups is 1. The molecule has 7 heteroatoms. The van der Waals surface area contributed by atoms with Crippen LogP contribution in [0.2, 0.25) is 0 Å². The van der Waals surface area contributed by atoms with Crippen LogP contribution in [0.15, 0.2) is 53.7 Å². The first kappa shape index (κ1) is 21.9. The molecule has 0 aliphatic carbocycles. The molecule has 0 radical (unpaired) electrons. The second-order valence-electron chi connectivity index (χ2n) is 6.23. The SMILES string of the molecule is CCNC(=NCc1cc(OC)ccc1O)NCCc1c[nH]c2ccccc12.I. The first-order chi connectivity index (χ1) is 13.2. The zero-order valence-corrected chi connectivity index (χ0v) is 18.5. The van der Waals surface area contributed by atoms with Crippen molar-refractivity contribution in [3.63, 3.8) is 0 Å². The number of phenols is 1. The Morgan fingerprint density at radius 1 is 1.14 bits per heavy atom. The fraction of sp³-hybridized carbons (Fsp3) is 0.286. The molecule has 0 aliphatic rings. The van der Waals surface area contributed by atoms with E-state index < -0.39 is 0 Å². The molecule has 1 heterocycles. The minimum Gasteiger partial charge on any atom is -0.508 e. The van der Waals surface area contributed by atoms with Crippen molar-refractivity contribution in [2.45, 2.75) is 19.9 Å². The van der Waals surface area contributed by atoms with E-state index in [1.807, 2.05) is 13.0 Å². The van der Waals surface area contributed by atoms with E-state index in [4.69, 9.17) is 4.74 Å². The molecule has 0 saturated carbocycles. The van der Waals surface area contributed by atoms with Gasteiger partial charge in [0.25, 0.3) is 0 Å². The van der Waals surface area contributed by atoms with Gasteiger partial charge in [-0.25, -0.2) is 4.99 Å². The molecule has 0 atom stereocenters. The molecule has 28 heavy (non-hydrogen) atoms. The van der Waals surface area contributed by atoms with Crippen molar-refractivity contribution in [2.75, 3.05) is 20.2 Å². The number of nitrogens with zero attached hydrogens (tertiary/aromatic N) is 1. The Kier molecular flexibility index (Phi) is 8.43. The van der Waals surface area contributed by atoms with Gasteiger partial charge in [0.05, 0.1) is 13.7 Å². The molecule has 0 spiro atoms. The van der Waals surface area contributed by atoms with E-state index in [1.165, 1.54) is 10.9 Å². The van der Waals surface area contributed by atoms with Crippen LogP contribution in [-0.2, 0) is 13.0 Å². The number of aromatic amines is 1. The second kappa shape index (κ2) is 10.8. The van der Waals surface area contributed by atoms with Crippen molar-refractivity contribution < 1.29 is 9.84 Å². The molecule has 0 fully saturated rings. The Hall–Kier alpha value is -2.42. The Morgan fingerprint density at radius 3 is 2.75 bits per heavy atom. The second-order valence-corrected chi connectivity index (χ2v) is 6.23. The zero-order chi connectivity index (χ0) is 19.1. The van der Waals surface area contributed by atoms with Crippen LogP contribution in [0, 0.1) is 0 Å². The molecular weight excluding hydrogens is 467 g/mol. The van der Waals surface area contributed by atoms with Crippen molar-refractivity contribution >= 4 is 40.8 Å². The maximum atomic E-state index is 10.0. The summed E-state index contributed by atoms with van der Waals surface area (Å²) in [5.41, 5.74) is 3.16. The molecule has 150 valence electrons. The molecule has 0 saturated heterocycles. The number of hydrogen-bond acceptors (Lipinski definition) is 3. The van der Waals surface area contributed by atoms with Gasteiger partial charge in [-0.15, -0.1) is 24.0 Å². The molecule has 6 nitrogen and oxygen atoms in total. The number of methoxy groups -OCH3 is 1. The number of hydrogen-bond donors (Lipinski definition) is 4. The van der Waals surface area contributed by atoms with Crippen LogP contribution >= 0.6 is 24.0 Å². The van der Waals surface area contributed by atoms with Gasteiger partial charge >= 0.3 is 0 Å². The van der Waals surface area contributed by atoms with Gasteiger partial charge in [-0.2, -0.15) is 0 Å². The summed E-state index contributed by atoms with van der Waals surface area (Å²) in [4.78, 5) is 7.87. The first-order valence-corrected chi connectivity index (χ1v) is 9.14. The maximum Gasteiger partial charge on any atom is 0.191 e. The van der Waals surface area contributed by atoms with Crippen LogP contribution in [0.25, 0.3) is 10.9 Å². The highest BCUT2D eigenvalue weighted by molar-refractivity contribution is 14.0. The number of para-hydroxylation sites is 1. The summed E-state index contributed by atoms with van der Waals surface area (Å²) in [5.74, 6) is 1.64. The molecule has 3 aromatic rings. The fourth-order valence-electron chi connectivity index (χ4n) is 2.98. The van der Waals surface area contributed by atoms with Gasteiger partial charge in [0.15, 0.2) is 5.96 Å². The number of rotatable bonds is 7. The van der Waals surface area contributed by atoms with Gasteiger partial charge in [0.2, 0.25) is 0 Å². The third-order valence-corrected chi connectivity index (χ3v) is 4.40. The van der Waals surface area contributed by atoms with Crippen molar-refractivity contribution in [1.29, 1.82) is 0 Å². The highest BCUT2D eigenvalue weighted by Gasteiger charge is 2.05. The lowest BCUT2D eigenvalue weighted by Crippen LogP contribution is -2.38. The minimum absolute atomic E-state index is 0. The number of H-pyrrole nitrogens is 1. The molecular formula is C21H27IN4O2. The van der Waals surface area contributed by atoms with Crippen molar-refractivity contribution in [1.82, 2.24) is 15.6 Å². The lowest BCUT2D eigenvalue weighted by atomic mass is 10.1. The topological polar surface area (TPSA) is 81.7 Å². The van der Waals surface area contributed by atoms with Gasteiger partial charge in [0.1, 0.15) is 11.5 Å². The Bertz CT molecular complexity index is 924. The number of fused-ring (bicyclic) bond motifs is 1. The summed E-state index contributed by atoms with van der Waals surface area (Å²) in [6.45, 7) is 3.92. The third kappa shape index (κ3) is 5.54. The number of nitrogens with one attached hydrogen (secondary N) is 3. The summed E-state index contributed by atoms with van der Waals surface area (Å²) in [5, 5.41) is 17.8. The highest BCUT2D eigenvalue weighted by Crippen LogP contribution is 2.23. The van der Waals surface area contributed by atoms with E-state index in [2.05, 4.69) is 45.0 Å². The number of phenolic OH excluding ortho intramolecular Hbond substituents is 1. The summed E-state index contributed by atoms with van der Waals surface area (Å²) in [6, 6.07) is 13.5. The Labute approximate surface area is 182 Å². The van der Waals surface area contributed by atoms with Gasteiger partial charge in [0, 0.05) is 35.8 Å². The van der Waals surface area contributed by atoms with Crippen LogP contribution in [0.4, 0.5) is 0 Å². The largest absolute Gasteiger partial charge is 0.508 e. The molecule has 4 N–H and O–H groups in total. The molecule has 0 aliphatic heterocycles. The number of aromatic hydroxyl groups is 1. The van der Waals surface area contributed by atoms with E-state index in [-0.39, 0.29) is 29.7 Å². The summed E-state index contributed by atoms with van der Waals surface area (Å²) in [7, 11) is 1.61. The lowest BCUT2D eigenvalue weighted by Gasteiger charge is -2.12. The highest BCUT2D eigenvalue weighted by atomic mass is 127. The predicted molar refractivity (Wildman–Crippen MR) is 125 cm³/mol. The third-order valence-electron chi connectivity index (χ3n) is 4.40.